The van der Waals surface area contributed by atoms with Crippen LogP contribution in [0.5, 0.6) is 5.75 Å². The molecule has 2 aromatic carbocycles. The van der Waals surface area contributed by atoms with E-state index in [1.54, 1.807) is 14.0 Å². The van der Waals surface area contributed by atoms with Gasteiger partial charge in [-0.1, -0.05) is 42.5 Å². The summed E-state index contributed by atoms with van der Waals surface area (Å²) < 4.78 is 11.8. The second-order valence-electron chi connectivity index (χ2n) is 5.81. The van der Waals surface area contributed by atoms with E-state index in [0.29, 0.717) is 12.2 Å². The molecule has 138 valence electrons. The molecule has 0 saturated heterocycles. The van der Waals surface area contributed by atoms with Crippen molar-refractivity contribution in [1.82, 2.24) is 9.55 Å². The molecule has 0 atom stereocenters. The normalized spacial score (nSPS) is 10.4. The third-order valence-electron chi connectivity index (χ3n) is 4.08. The lowest BCUT2D eigenvalue weighted by atomic mass is 10.1. The van der Waals surface area contributed by atoms with Crippen molar-refractivity contribution in [3.05, 3.63) is 82.4 Å². The van der Waals surface area contributed by atoms with Crippen LogP contribution in [0.3, 0.4) is 0 Å². The minimum absolute atomic E-state index is 0.121. The van der Waals surface area contributed by atoms with Gasteiger partial charge in [0.2, 0.25) is 0 Å². The Bertz CT molecular complexity index is 979. The molecular formula is C21H20N2O4. The topological polar surface area (TPSA) is 70.4 Å². The number of esters is 1. The Morgan fingerprint density at radius 3 is 2.41 bits per heavy atom. The molecule has 0 radical (unpaired) electrons. The molecule has 6 heteroatoms. The zero-order chi connectivity index (χ0) is 19.2. The van der Waals surface area contributed by atoms with Crippen molar-refractivity contribution < 1.29 is 14.3 Å². The average molecular weight is 364 g/mol. The Morgan fingerprint density at radius 1 is 1.07 bits per heavy atom. The predicted molar refractivity (Wildman–Crippen MR) is 102 cm³/mol. The Hall–Kier alpha value is -3.41. The van der Waals surface area contributed by atoms with Crippen LogP contribution in [-0.2, 0) is 11.3 Å². The van der Waals surface area contributed by atoms with E-state index in [4.69, 9.17) is 9.47 Å². The molecule has 0 unspecified atom stereocenters. The lowest BCUT2D eigenvalue weighted by Gasteiger charge is -2.16. The van der Waals surface area contributed by atoms with Crippen LogP contribution in [0.2, 0.25) is 0 Å². The van der Waals surface area contributed by atoms with Gasteiger partial charge in [0.05, 0.1) is 32.2 Å². The first-order chi connectivity index (χ1) is 13.1. The molecule has 0 aliphatic carbocycles. The fraction of sp³-hybridized carbons (Fsp3) is 0.190. The second-order valence-corrected chi connectivity index (χ2v) is 5.81. The third kappa shape index (κ3) is 4.06. The van der Waals surface area contributed by atoms with Gasteiger partial charge < -0.3 is 14.0 Å². The molecule has 27 heavy (non-hydrogen) atoms. The first-order valence-corrected chi connectivity index (χ1v) is 8.59. The smallest absolute Gasteiger partial charge is 0.359 e. The van der Waals surface area contributed by atoms with Gasteiger partial charge in [0.15, 0.2) is 5.69 Å². The van der Waals surface area contributed by atoms with Gasteiger partial charge in [-0.25, -0.2) is 9.78 Å². The molecule has 6 nitrogen and oxygen atoms in total. The van der Waals surface area contributed by atoms with Crippen molar-refractivity contribution in [2.45, 2.75) is 13.5 Å². The van der Waals surface area contributed by atoms with Crippen LogP contribution in [0.4, 0.5) is 0 Å². The van der Waals surface area contributed by atoms with Crippen molar-refractivity contribution in [3.63, 3.8) is 0 Å². The Morgan fingerprint density at radius 2 is 1.78 bits per heavy atom. The highest BCUT2D eigenvalue weighted by molar-refractivity contribution is 5.94. The van der Waals surface area contributed by atoms with Crippen molar-refractivity contribution in [2.24, 2.45) is 0 Å². The van der Waals surface area contributed by atoms with Crippen molar-refractivity contribution in [3.8, 4) is 17.0 Å². The highest BCUT2D eigenvalue weighted by Gasteiger charge is 2.20. The number of ether oxygens (including phenoxy) is 2. The number of benzene rings is 2. The van der Waals surface area contributed by atoms with Crippen molar-refractivity contribution in [2.75, 3.05) is 13.7 Å². The maximum atomic E-state index is 12.6. The summed E-state index contributed by atoms with van der Waals surface area (Å²) in [5.74, 6) is 0.177. The van der Waals surface area contributed by atoms with Crippen LogP contribution < -0.4 is 10.3 Å². The highest BCUT2D eigenvalue weighted by atomic mass is 16.5. The van der Waals surface area contributed by atoms with Crippen LogP contribution in [0, 0.1) is 0 Å². The maximum Gasteiger partial charge on any atom is 0.359 e. The van der Waals surface area contributed by atoms with E-state index >= 15 is 0 Å². The predicted octanol–water partition coefficient (Wildman–Crippen LogP) is 3.14. The van der Waals surface area contributed by atoms with E-state index in [1.807, 2.05) is 54.6 Å². The summed E-state index contributed by atoms with van der Waals surface area (Å²) in [6.07, 6.45) is 1.15. The van der Waals surface area contributed by atoms with Gasteiger partial charge in [0.1, 0.15) is 5.75 Å². The number of hydrogen-bond donors (Lipinski definition) is 0. The average Bonchev–Trinajstić information content (AvgIpc) is 2.70. The van der Waals surface area contributed by atoms with E-state index in [2.05, 4.69) is 4.98 Å². The summed E-state index contributed by atoms with van der Waals surface area (Å²) in [6.45, 7) is 2.25. The summed E-state index contributed by atoms with van der Waals surface area (Å²) in [7, 11) is 1.60. The number of methoxy groups -OCH3 is 1. The van der Waals surface area contributed by atoms with Gasteiger partial charge in [0, 0.05) is 5.56 Å². The Labute approximate surface area is 157 Å². The lowest BCUT2D eigenvalue weighted by molar-refractivity contribution is 0.0519. The molecule has 0 amide bonds. The first kappa shape index (κ1) is 18.4. The second kappa shape index (κ2) is 8.31. The van der Waals surface area contributed by atoms with Crippen LogP contribution >= 0.6 is 0 Å². The number of carbonyl (C=O) groups is 1. The largest absolute Gasteiger partial charge is 0.497 e. The third-order valence-corrected chi connectivity index (χ3v) is 4.08. The van der Waals surface area contributed by atoms with Crippen molar-refractivity contribution >= 4 is 5.97 Å². The van der Waals surface area contributed by atoms with Crippen LogP contribution in [0.25, 0.3) is 11.3 Å². The molecule has 0 bridgehead atoms. The van der Waals surface area contributed by atoms with E-state index in [0.717, 1.165) is 23.1 Å². The summed E-state index contributed by atoms with van der Waals surface area (Å²) in [5.41, 5.74) is 1.89. The molecule has 0 fully saturated rings. The van der Waals surface area contributed by atoms with E-state index in [-0.39, 0.29) is 17.9 Å². The lowest BCUT2D eigenvalue weighted by Crippen LogP contribution is -2.26. The standard InChI is InChI=1S/C21H20N2O4/c1-3-27-21(25)19-20(16-7-5-4-6-8-16)23(18(24)13-22-19)14-15-9-11-17(26-2)12-10-15/h4-13H,3,14H2,1-2H3. The van der Waals surface area contributed by atoms with Gasteiger partial charge in [-0.2, -0.15) is 0 Å². The molecule has 0 spiro atoms. The van der Waals surface area contributed by atoms with Gasteiger partial charge in [-0.15, -0.1) is 0 Å². The van der Waals surface area contributed by atoms with Gasteiger partial charge in [-0.3, -0.25) is 4.79 Å². The number of carbonyl (C=O) groups excluding carboxylic acids is 1. The summed E-state index contributed by atoms with van der Waals surface area (Å²) in [5, 5.41) is 0. The molecule has 3 aromatic rings. The summed E-state index contributed by atoms with van der Waals surface area (Å²) in [4.78, 5) is 29.1. The minimum atomic E-state index is -0.556. The molecule has 1 heterocycles. The molecule has 0 saturated carbocycles. The van der Waals surface area contributed by atoms with Crippen molar-refractivity contribution in [1.29, 1.82) is 0 Å². The quantitative estimate of drug-likeness (QED) is 0.629. The Balaban J connectivity index is 2.14. The number of hydrogen-bond acceptors (Lipinski definition) is 5. The summed E-state index contributed by atoms with van der Waals surface area (Å²) in [6, 6.07) is 16.7. The van der Waals surface area contributed by atoms with Gasteiger partial charge in [-0.05, 0) is 24.6 Å². The molecule has 0 aliphatic rings. The molecular weight excluding hydrogens is 344 g/mol. The van der Waals surface area contributed by atoms with Crippen LogP contribution in [0.1, 0.15) is 23.0 Å². The van der Waals surface area contributed by atoms with Crippen LogP contribution in [0.15, 0.2) is 65.6 Å². The summed E-state index contributed by atoms with van der Waals surface area (Å²) >= 11 is 0. The maximum absolute atomic E-state index is 12.6. The van der Waals surface area contributed by atoms with Gasteiger partial charge in [0.25, 0.3) is 5.56 Å². The first-order valence-electron chi connectivity index (χ1n) is 8.59. The van der Waals surface area contributed by atoms with E-state index in [1.165, 1.54) is 4.57 Å². The monoisotopic (exact) mass is 364 g/mol. The zero-order valence-electron chi connectivity index (χ0n) is 15.2. The molecule has 1 aromatic heterocycles. The van der Waals surface area contributed by atoms with E-state index in [9.17, 15) is 9.59 Å². The van der Waals surface area contributed by atoms with Gasteiger partial charge >= 0.3 is 5.97 Å². The number of aromatic nitrogens is 2. The SMILES string of the molecule is CCOC(=O)c1ncc(=O)n(Cc2ccc(OC)cc2)c1-c1ccccc1. The number of nitrogens with zero attached hydrogens (tertiary/aromatic N) is 2. The van der Waals surface area contributed by atoms with Crippen LogP contribution in [-0.4, -0.2) is 29.2 Å². The minimum Gasteiger partial charge on any atom is -0.497 e. The zero-order valence-corrected chi connectivity index (χ0v) is 15.2. The molecule has 3 rings (SSSR count). The fourth-order valence-electron chi connectivity index (χ4n) is 2.80. The molecule has 0 aliphatic heterocycles. The number of rotatable bonds is 6. The van der Waals surface area contributed by atoms with E-state index < -0.39 is 5.97 Å². The highest BCUT2D eigenvalue weighted by Crippen LogP contribution is 2.23. The Kier molecular flexibility index (Phi) is 5.66. The fourth-order valence-corrected chi connectivity index (χ4v) is 2.80. The molecule has 0 N–H and O–H groups in total.